The zero-order chi connectivity index (χ0) is 11.1. The maximum Gasteiger partial charge on any atom is 0.433 e. The first-order valence-electron chi connectivity index (χ1n) is 3.98. The summed E-state index contributed by atoms with van der Waals surface area (Å²) in [4.78, 5) is 6.07. The Morgan fingerprint density at radius 1 is 1.40 bits per heavy atom. The van der Waals surface area contributed by atoms with E-state index in [1.54, 1.807) is 6.07 Å². The van der Waals surface area contributed by atoms with Gasteiger partial charge >= 0.3 is 6.18 Å². The topological polar surface area (TPSA) is 52.5 Å². The van der Waals surface area contributed by atoms with Crippen molar-refractivity contribution in [3.8, 4) is 6.07 Å². The molecule has 2 aromatic rings. The van der Waals surface area contributed by atoms with E-state index < -0.39 is 11.9 Å². The molecular weight excluding hydrogens is 207 g/mol. The SMILES string of the molecule is N#Cc1cc(C(F)(F)F)nc2cc[nH]c12. The molecule has 0 spiro atoms. The lowest BCUT2D eigenvalue weighted by Crippen LogP contribution is -2.08. The molecule has 15 heavy (non-hydrogen) atoms. The summed E-state index contributed by atoms with van der Waals surface area (Å²) in [6.07, 6.45) is -3.09. The summed E-state index contributed by atoms with van der Waals surface area (Å²) in [6, 6.07) is 3.83. The van der Waals surface area contributed by atoms with Crippen molar-refractivity contribution in [3.05, 3.63) is 29.6 Å². The minimum atomic E-state index is -4.53. The average Bonchev–Trinajstić information content (AvgIpc) is 2.62. The molecule has 0 amide bonds. The third kappa shape index (κ3) is 1.52. The molecule has 2 heterocycles. The van der Waals surface area contributed by atoms with E-state index in [-0.39, 0.29) is 11.1 Å². The minimum Gasteiger partial charge on any atom is -0.359 e. The molecule has 6 heteroatoms. The molecule has 0 unspecified atom stereocenters. The molecular formula is C9H4F3N3. The molecule has 0 aliphatic carbocycles. The first-order valence-corrected chi connectivity index (χ1v) is 3.98. The fraction of sp³-hybridized carbons (Fsp3) is 0.111. The predicted octanol–water partition coefficient (Wildman–Crippen LogP) is 2.45. The highest BCUT2D eigenvalue weighted by Crippen LogP contribution is 2.30. The highest BCUT2D eigenvalue weighted by Gasteiger charge is 2.33. The van der Waals surface area contributed by atoms with Gasteiger partial charge in [-0.05, 0) is 12.1 Å². The van der Waals surface area contributed by atoms with Crippen LogP contribution in [0.4, 0.5) is 13.2 Å². The predicted molar refractivity (Wildman–Crippen MR) is 45.8 cm³/mol. The maximum absolute atomic E-state index is 12.4. The van der Waals surface area contributed by atoms with Gasteiger partial charge in [0.05, 0.1) is 16.6 Å². The molecule has 2 aromatic heterocycles. The van der Waals surface area contributed by atoms with E-state index in [1.165, 1.54) is 12.3 Å². The van der Waals surface area contributed by atoms with Crippen LogP contribution in [0.2, 0.25) is 0 Å². The van der Waals surface area contributed by atoms with Crippen LogP contribution >= 0.6 is 0 Å². The van der Waals surface area contributed by atoms with Gasteiger partial charge < -0.3 is 4.98 Å². The number of H-pyrrole nitrogens is 1. The third-order valence-corrected chi connectivity index (χ3v) is 1.93. The van der Waals surface area contributed by atoms with E-state index in [2.05, 4.69) is 9.97 Å². The van der Waals surface area contributed by atoms with E-state index in [1.807, 2.05) is 0 Å². The molecule has 0 radical (unpaired) electrons. The second-order valence-corrected chi connectivity index (χ2v) is 2.90. The molecule has 0 fully saturated rings. The molecule has 0 atom stereocenters. The molecule has 76 valence electrons. The second kappa shape index (κ2) is 2.98. The molecule has 0 aliphatic rings. The number of nitrogens with one attached hydrogen (secondary N) is 1. The Balaban J connectivity index is 2.76. The van der Waals surface area contributed by atoms with Crippen molar-refractivity contribution < 1.29 is 13.2 Å². The van der Waals surface area contributed by atoms with Crippen LogP contribution in [-0.2, 0) is 6.18 Å². The van der Waals surface area contributed by atoms with Gasteiger partial charge in [0, 0.05) is 6.20 Å². The fourth-order valence-corrected chi connectivity index (χ4v) is 1.27. The Morgan fingerprint density at radius 3 is 2.73 bits per heavy atom. The van der Waals surface area contributed by atoms with Crippen LogP contribution in [0.3, 0.4) is 0 Å². The summed E-state index contributed by atoms with van der Waals surface area (Å²) < 4.78 is 37.1. The molecule has 0 saturated carbocycles. The third-order valence-electron chi connectivity index (χ3n) is 1.93. The summed E-state index contributed by atoms with van der Waals surface area (Å²) in [5.74, 6) is 0. The lowest BCUT2D eigenvalue weighted by molar-refractivity contribution is -0.140. The van der Waals surface area contributed by atoms with Gasteiger partial charge in [-0.2, -0.15) is 18.4 Å². The van der Waals surface area contributed by atoms with Crippen molar-refractivity contribution in [2.24, 2.45) is 0 Å². The van der Waals surface area contributed by atoms with Crippen molar-refractivity contribution in [2.45, 2.75) is 6.18 Å². The number of halogens is 3. The number of hydrogen-bond donors (Lipinski definition) is 1. The van der Waals surface area contributed by atoms with E-state index in [4.69, 9.17) is 5.26 Å². The van der Waals surface area contributed by atoms with Crippen molar-refractivity contribution in [1.29, 1.82) is 5.26 Å². The Bertz CT molecular complexity index is 548. The van der Waals surface area contributed by atoms with Crippen molar-refractivity contribution >= 4 is 11.0 Å². The molecule has 0 bridgehead atoms. The Kier molecular flexibility index (Phi) is 1.89. The Morgan fingerprint density at radius 2 is 2.13 bits per heavy atom. The molecule has 3 nitrogen and oxygen atoms in total. The molecule has 0 aliphatic heterocycles. The lowest BCUT2D eigenvalue weighted by Gasteiger charge is -2.05. The van der Waals surface area contributed by atoms with E-state index >= 15 is 0 Å². The molecule has 1 N–H and O–H groups in total. The van der Waals surface area contributed by atoms with Crippen molar-refractivity contribution in [1.82, 2.24) is 9.97 Å². The largest absolute Gasteiger partial charge is 0.433 e. The van der Waals surface area contributed by atoms with E-state index in [0.29, 0.717) is 5.52 Å². The number of nitrogens with zero attached hydrogens (tertiary/aromatic N) is 2. The summed E-state index contributed by atoms with van der Waals surface area (Å²) in [5.41, 5.74) is -0.643. The number of rotatable bonds is 0. The van der Waals surface area contributed by atoms with Crippen LogP contribution in [-0.4, -0.2) is 9.97 Å². The first-order chi connectivity index (χ1) is 7.02. The number of aromatic amines is 1. The highest BCUT2D eigenvalue weighted by atomic mass is 19.4. The second-order valence-electron chi connectivity index (χ2n) is 2.90. The van der Waals surface area contributed by atoms with Crippen LogP contribution in [0, 0.1) is 11.3 Å². The van der Waals surface area contributed by atoms with Gasteiger partial charge in [-0.3, -0.25) is 0 Å². The molecule has 2 rings (SSSR count). The number of alkyl halides is 3. The van der Waals surface area contributed by atoms with E-state index in [0.717, 1.165) is 6.07 Å². The summed E-state index contributed by atoms with van der Waals surface area (Å²) in [7, 11) is 0. The first kappa shape index (κ1) is 9.52. The zero-order valence-corrected chi connectivity index (χ0v) is 7.26. The smallest absolute Gasteiger partial charge is 0.359 e. The van der Waals surface area contributed by atoms with Gasteiger partial charge in [-0.25, -0.2) is 4.98 Å². The number of hydrogen-bond acceptors (Lipinski definition) is 2. The lowest BCUT2D eigenvalue weighted by atomic mass is 10.2. The molecule has 0 aromatic carbocycles. The van der Waals surface area contributed by atoms with Crippen LogP contribution < -0.4 is 0 Å². The summed E-state index contributed by atoms with van der Waals surface area (Å²) in [5, 5.41) is 8.68. The number of nitriles is 1. The Hall–Kier alpha value is -2.03. The zero-order valence-electron chi connectivity index (χ0n) is 7.26. The minimum absolute atomic E-state index is 0.0580. The maximum atomic E-state index is 12.4. The van der Waals surface area contributed by atoms with Crippen LogP contribution in [0.5, 0.6) is 0 Å². The highest BCUT2D eigenvalue weighted by molar-refractivity contribution is 5.81. The summed E-state index contributed by atoms with van der Waals surface area (Å²) >= 11 is 0. The van der Waals surface area contributed by atoms with Crippen LogP contribution in [0.25, 0.3) is 11.0 Å². The van der Waals surface area contributed by atoms with Gasteiger partial charge in [0.25, 0.3) is 0 Å². The Labute approximate surface area is 82.2 Å². The fourth-order valence-electron chi connectivity index (χ4n) is 1.27. The number of fused-ring (bicyclic) bond motifs is 1. The molecule has 0 saturated heterocycles. The quantitative estimate of drug-likeness (QED) is 0.727. The van der Waals surface area contributed by atoms with Crippen LogP contribution in [0.1, 0.15) is 11.3 Å². The monoisotopic (exact) mass is 211 g/mol. The van der Waals surface area contributed by atoms with Gasteiger partial charge in [0.15, 0.2) is 0 Å². The normalized spacial score (nSPS) is 11.6. The van der Waals surface area contributed by atoms with Crippen molar-refractivity contribution in [2.75, 3.05) is 0 Å². The standard InChI is InChI=1S/C9H4F3N3/c10-9(11,12)7-3-5(4-13)8-6(15-7)1-2-14-8/h1-3,14H. The van der Waals surface area contributed by atoms with E-state index in [9.17, 15) is 13.2 Å². The number of pyridine rings is 1. The number of aromatic nitrogens is 2. The van der Waals surface area contributed by atoms with Gasteiger partial charge in [0.1, 0.15) is 11.8 Å². The average molecular weight is 211 g/mol. The van der Waals surface area contributed by atoms with Crippen molar-refractivity contribution in [3.63, 3.8) is 0 Å². The van der Waals surface area contributed by atoms with Gasteiger partial charge in [-0.15, -0.1) is 0 Å². The van der Waals surface area contributed by atoms with Gasteiger partial charge in [-0.1, -0.05) is 0 Å². The summed E-state index contributed by atoms with van der Waals surface area (Å²) in [6.45, 7) is 0. The van der Waals surface area contributed by atoms with Gasteiger partial charge in [0.2, 0.25) is 0 Å². The van der Waals surface area contributed by atoms with Crippen LogP contribution in [0.15, 0.2) is 18.3 Å².